The number of benzene rings is 2. The van der Waals surface area contributed by atoms with Gasteiger partial charge in [0.05, 0.1) is 11.4 Å². The number of pyridine rings is 1. The second-order valence-electron chi connectivity index (χ2n) is 8.14. The largest absolute Gasteiger partial charge is 0.465 e. The van der Waals surface area contributed by atoms with E-state index in [2.05, 4.69) is 53.4 Å². The van der Waals surface area contributed by atoms with Crippen molar-refractivity contribution in [3.05, 3.63) is 89.1 Å². The van der Waals surface area contributed by atoms with Gasteiger partial charge in [-0.05, 0) is 35.6 Å². The summed E-state index contributed by atoms with van der Waals surface area (Å²) >= 11 is 0. The van der Waals surface area contributed by atoms with Crippen LogP contribution in [0.4, 0.5) is 16.3 Å². The van der Waals surface area contributed by atoms with Gasteiger partial charge >= 0.3 is 6.09 Å². The van der Waals surface area contributed by atoms with Gasteiger partial charge < -0.3 is 10.0 Å². The summed E-state index contributed by atoms with van der Waals surface area (Å²) in [6.07, 6.45) is 1.01. The van der Waals surface area contributed by atoms with Crippen LogP contribution in [-0.4, -0.2) is 36.3 Å². The van der Waals surface area contributed by atoms with Crippen LogP contribution in [0.25, 0.3) is 0 Å². The first kappa shape index (κ1) is 18.7. The number of rotatable bonds is 3. The number of aromatic nitrogens is 1. The normalized spacial score (nSPS) is 19.8. The molecule has 0 saturated heterocycles. The number of amides is 1. The zero-order valence-corrected chi connectivity index (χ0v) is 17.0. The van der Waals surface area contributed by atoms with E-state index in [1.165, 1.54) is 27.3 Å². The van der Waals surface area contributed by atoms with Crippen molar-refractivity contribution in [2.75, 3.05) is 29.9 Å². The highest BCUT2D eigenvalue weighted by atomic mass is 16.4. The molecule has 2 aliphatic heterocycles. The minimum atomic E-state index is -0.995. The third-order valence-corrected chi connectivity index (χ3v) is 6.47. The van der Waals surface area contributed by atoms with Crippen LogP contribution in [0.2, 0.25) is 0 Å². The molecule has 3 heterocycles. The van der Waals surface area contributed by atoms with E-state index >= 15 is 0 Å². The van der Waals surface area contributed by atoms with Crippen molar-refractivity contribution in [2.45, 2.75) is 24.7 Å². The molecule has 1 aromatic heterocycles. The number of carboxylic acid groups (broad SMARTS) is 1. The van der Waals surface area contributed by atoms with Crippen LogP contribution >= 0.6 is 0 Å². The summed E-state index contributed by atoms with van der Waals surface area (Å²) in [6.45, 7) is 1.99. The van der Waals surface area contributed by atoms with Gasteiger partial charge in [-0.15, -0.1) is 0 Å². The molecule has 3 aromatic rings. The highest BCUT2D eigenvalue weighted by Crippen LogP contribution is 2.48. The van der Waals surface area contributed by atoms with Crippen LogP contribution in [0, 0.1) is 0 Å². The summed E-state index contributed by atoms with van der Waals surface area (Å²) in [5, 5.41) is 9.61. The van der Waals surface area contributed by atoms with Gasteiger partial charge in [0, 0.05) is 32.0 Å². The lowest BCUT2D eigenvalue weighted by molar-refractivity contribution is 0.203. The minimum Gasteiger partial charge on any atom is -0.465 e. The van der Waals surface area contributed by atoms with E-state index in [-0.39, 0.29) is 11.8 Å². The average Bonchev–Trinajstić information content (AvgIpc) is 2.80. The fourth-order valence-corrected chi connectivity index (χ4v) is 4.93. The summed E-state index contributed by atoms with van der Waals surface area (Å²) in [5.41, 5.74) is 5.92. The van der Waals surface area contributed by atoms with Crippen LogP contribution < -0.4 is 9.80 Å². The van der Waals surface area contributed by atoms with Gasteiger partial charge in [-0.1, -0.05) is 60.7 Å². The zero-order chi connectivity index (χ0) is 20.7. The van der Waals surface area contributed by atoms with E-state index in [0.717, 1.165) is 31.6 Å². The molecule has 0 radical (unpaired) electrons. The Hall–Kier alpha value is -3.34. The van der Waals surface area contributed by atoms with Gasteiger partial charge in [0.25, 0.3) is 0 Å². The quantitative estimate of drug-likeness (QED) is 0.668. The third-order valence-electron chi connectivity index (χ3n) is 6.47. The monoisotopic (exact) mass is 399 g/mol. The highest BCUT2D eigenvalue weighted by Gasteiger charge is 2.36. The molecule has 152 valence electrons. The topological polar surface area (TPSA) is 56.7 Å². The summed E-state index contributed by atoms with van der Waals surface area (Å²) in [7, 11) is 1.57. The van der Waals surface area contributed by atoms with E-state index in [9.17, 15) is 9.90 Å². The first-order chi connectivity index (χ1) is 14.6. The van der Waals surface area contributed by atoms with Crippen LogP contribution in [0.5, 0.6) is 0 Å². The van der Waals surface area contributed by atoms with Crippen molar-refractivity contribution in [2.24, 2.45) is 0 Å². The lowest BCUT2D eigenvalue weighted by atomic mass is 9.79. The molecule has 1 N–H and O–H groups in total. The molecule has 0 spiro atoms. The summed E-state index contributed by atoms with van der Waals surface area (Å²) in [4.78, 5) is 20.3. The van der Waals surface area contributed by atoms with E-state index < -0.39 is 6.09 Å². The van der Waals surface area contributed by atoms with Crippen LogP contribution in [0.3, 0.4) is 0 Å². The molecule has 5 rings (SSSR count). The molecule has 2 aromatic carbocycles. The lowest BCUT2D eigenvalue weighted by Crippen LogP contribution is -2.39. The van der Waals surface area contributed by atoms with Gasteiger partial charge in [-0.25, -0.2) is 9.78 Å². The molecule has 1 amide bonds. The predicted octanol–water partition coefficient (Wildman–Crippen LogP) is 5.07. The van der Waals surface area contributed by atoms with Crippen molar-refractivity contribution in [3.8, 4) is 0 Å². The maximum absolute atomic E-state index is 11.7. The standard InChI is InChI=1S/C25H25N3O2/c1-27(25(29)30)22-16-21-19(17-8-4-2-5-9-17)12-14-28-15-13-20(23(26-22)24(21)28)18-10-6-3-7-11-18/h2-11,16,19-20H,12-15H2,1H3,(H,29,30)/t19-,20-/m1/s1. The Bertz CT molecular complexity index is 996. The third kappa shape index (κ3) is 3.11. The molecule has 0 fully saturated rings. The predicted molar refractivity (Wildman–Crippen MR) is 119 cm³/mol. The molecule has 5 heteroatoms. The van der Waals surface area contributed by atoms with E-state index in [1.54, 1.807) is 7.05 Å². The Morgan fingerprint density at radius 2 is 1.53 bits per heavy atom. The molecule has 30 heavy (non-hydrogen) atoms. The second-order valence-corrected chi connectivity index (χ2v) is 8.14. The highest BCUT2D eigenvalue weighted by molar-refractivity contribution is 5.85. The SMILES string of the molecule is CN(C(=O)O)c1cc2c3c(n1)[C@@H](c1ccccc1)CCN3CC[C@@H]2c1ccccc1. The summed E-state index contributed by atoms with van der Waals surface area (Å²) in [6, 6.07) is 23.0. The fourth-order valence-electron chi connectivity index (χ4n) is 4.93. The van der Waals surface area contributed by atoms with E-state index in [0.29, 0.717) is 5.82 Å². The van der Waals surface area contributed by atoms with Crippen molar-refractivity contribution in [3.63, 3.8) is 0 Å². The Labute approximate surface area is 176 Å². The van der Waals surface area contributed by atoms with Crippen LogP contribution in [-0.2, 0) is 0 Å². The van der Waals surface area contributed by atoms with Crippen molar-refractivity contribution >= 4 is 17.6 Å². The summed E-state index contributed by atoms with van der Waals surface area (Å²) < 4.78 is 0. The number of carbonyl (C=O) groups is 1. The maximum Gasteiger partial charge on any atom is 0.412 e. The van der Waals surface area contributed by atoms with Gasteiger partial charge in [-0.2, -0.15) is 0 Å². The molecule has 0 aliphatic carbocycles. The number of nitrogens with zero attached hydrogens (tertiary/aromatic N) is 3. The molecule has 0 unspecified atom stereocenters. The lowest BCUT2D eigenvalue weighted by Gasteiger charge is -2.42. The molecular formula is C25H25N3O2. The van der Waals surface area contributed by atoms with Crippen molar-refractivity contribution in [1.29, 1.82) is 0 Å². The molecule has 5 nitrogen and oxygen atoms in total. The van der Waals surface area contributed by atoms with E-state index in [4.69, 9.17) is 4.98 Å². The number of hydrogen-bond acceptors (Lipinski definition) is 3. The Morgan fingerprint density at radius 3 is 2.13 bits per heavy atom. The van der Waals surface area contributed by atoms with Gasteiger partial charge in [0.15, 0.2) is 0 Å². The van der Waals surface area contributed by atoms with E-state index in [1.807, 2.05) is 18.2 Å². The summed E-state index contributed by atoms with van der Waals surface area (Å²) in [5.74, 6) is 0.921. The molecule has 0 bridgehead atoms. The first-order valence-corrected chi connectivity index (χ1v) is 10.5. The first-order valence-electron chi connectivity index (χ1n) is 10.5. The van der Waals surface area contributed by atoms with Crippen LogP contribution in [0.1, 0.15) is 47.1 Å². The average molecular weight is 399 g/mol. The Morgan fingerprint density at radius 1 is 0.967 bits per heavy atom. The molecule has 2 aliphatic rings. The van der Waals surface area contributed by atoms with Gasteiger partial charge in [0.2, 0.25) is 0 Å². The fraction of sp³-hybridized carbons (Fsp3) is 0.280. The Kier molecular flexibility index (Phi) is 4.66. The van der Waals surface area contributed by atoms with Crippen molar-refractivity contribution < 1.29 is 9.90 Å². The minimum absolute atomic E-state index is 0.174. The smallest absolute Gasteiger partial charge is 0.412 e. The number of anilines is 2. The van der Waals surface area contributed by atoms with Gasteiger partial charge in [-0.3, -0.25) is 4.90 Å². The maximum atomic E-state index is 11.7. The molecule has 2 atom stereocenters. The van der Waals surface area contributed by atoms with Crippen molar-refractivity contribution in [1.82, 2.24) is 4.98 Å². The number of hydrogen-bond donors (Lipinski definition) is 1. The van der Waals surface area contributed by atoms with Gasteiger partial charge in [0.1, 0.15) is 5.82 Å². The second kappa shape index (κ2) is 7.48. The Balaban J connectivity index is 1.72. The molecular weight excluding hydrogens is 374 g/mol. The van der Waals surface area contributed by atoms with Crippen LogP contribution in [0.15, 0.2) is 66.7 Å². The zero-order valence-electron chi connectivity index (χ0n) is 17.0. The molecule has 0 saturated carbocycles.